The van der Waals surface area contributed by atoms with Crippen LogP contribution < -0.4 is 5.32 Å². The van der Waals surface area contributed by atoms with Gasteiger partial charge < -0.3 is 5.32 Å². The van der Waals surface area contributed by atoms with Crippen molar-refractivity contribution < 1.29 is 0 Å². The molecule has 2 nitrogen and oxygen atoms in total. The molecule has 1 N–H and O–H groups in total. The van der Waals surface area contributed by atoms with Crippen molar-refractivity contribution in [1.29, 1.82) is 0 Å². The molecule has 0 amide bonds. The van der Waals surface area contributed by atoms with Gasteiger partial charge in [-0.2, -0.15) is 0 Å². The summed E-state index contributed by atoms with van der Waals surface area (Å²) < 4.78 is 0. The lowest BCUT2D eigenvalue weighted by Gasteiger charge is -2.29. The molecule has 0 radical (unpaired) electrons. The Hall–Kier alpha value is -0.0800. The molecule has 13 heavy (non-hydrogen) atoms. The Labute approximate surface area is 82.7 Å². The van der Waals surface area contributed by atoms with Crippen molar-refractivity contribution >= 4 is 0 Å². The molecule has 0 spiro atoms. The predicted molar refractivity (Wildman–Crippen MR) is 58.0 cm³/mol. The first-order valence-electron chi connectivity index (χ1n) is 5.62. The van der Waals surface area contributed by atoms with E-state index < -0.39 is 0 Å². The van der Waals surface area contributed by atoms with Crippen LogP contribution in [0.5, 0.6) is 0 Å². The fourth-order valence-corrected chi connectivity index (χ4v) is 2.10. The zero-order valence-electron chi connectivity index (χ0n) is 9.51. The molecule has 0 aromatic rings. The number of hydrogen-bond donors (Lipinski definition) is 1. The molecule has 0 aromatic carbocycles. The molecule has 2 atom stereocenters. The van der Waals surface area contributed by atoms with E-state index in [-0.39, 0.29) is 0 Å². The van der Waals surface area contributed by atoms with E-state index in [2.05, 4.69) is 31.0 Å². The molecule has 0 aromatic heterocycles. The van der Waals surface area contributed by atoms with Crippen molar-refractivity contribution in [1.82, 2.24) is 10.2 Å². The summed E-state index contributed by atoms with van der Waals surface area (Å²) in [5.41, 5.74) is 0. The number of nitrogens with zero attached hydrogens (tertiary/aromatic N) is 1. The Kier molecular flexibility index (Phi) is 4.20. The highest BCUT2D eigenvalue weighted by Crippen LogP contribution is 2.29. The largest absolute Gasteiger partial charge is 0.317 e. The van der Waals surface area contributed by atoms with Crippen molar-refractivity contribution in [3.63, 3.8) is 0 Å². The Bertz CT molecular complexity index is 143. The van der Waals surface area contributed by atoms with Gasteiger partial charge in [-0.15, -0.1) is 0 Å². The summed E-state index contributed by atoms with van der Waals surface area (Å²) in [5, 5.41) is 3.31. The Balaban J connectivity index is 2.30. The van der Waals surface area contributed by atoms with Gasteiger partial charge >= 0.3 is 0 Å². The van der Waals surface area contributed by atoms with Gasteiger partial charge in [-0.05, 0) is 46.7 Å². The second-order valence-electron chi connectivity index (χ2n) is 4.34. The van der Waals surface area contributed by atoms with Gasteiger partial charge in [-0.3, -0.25) is 4.90 Å². The van der Waals surface area contributed by atoms with Gasteiger partial charge in [0.25, 0.3) is 0 Å². The molecule has 2 heteroatoms. The minimum absolute atomic E-state index is 0.641. The number of nitrogens with one attached hydrogen (secondary N) is 1. The van der Waals surface area contributed by atoms with Crippen LogP contribution in [0.2, 0.25) is 0 Å². The van der Waals surface area contributed by atoms with Crippen molar-refractivity contribution in [2.24, 2.45) is 0 Å². The summed E-state index contributed by atoms with van der Waals surface area (Å²) in [4.78, 5) is 2.65. The molecule has 1 aliphatic rings. The van der Waals surface area contributed by atoms with Gasteiger partial charge in [0.05, 0.1) is 0 Å². The standard InChI is InChI=1S/C11H24N2/c1-5-13(11-6-7-11)10(3)8-9(2)12-4/h9-12H,5-8H2,1-4H3. The van der Waals surface area contributed by atoms with Crippen LogP contribution in [0.25, 0.3) is 0 Å². The lowest BCUT2D eigenvalue weighted by molar-refractivity contribution is 0.190. The van der Waals surface area contributed by atoms with Crippen molar-refractivity contribution in [2.75, 3.05) is 13.6 Å². The normalized spacial score (nSPS) is 21.9. The Morgan fingerprint density at radius 3 is 2.38 bits per heavy atom. The lowest BCUT2D eigenvalue weighted by atomic mass is 10.1. The maximum absolute atomic E-state index is 3.31. The fourth-order valence-electron chi connectivity index (χ4n) is 2.10. The molecule has 1 fully saturated rings. The molecule has 2 unspecified atom stereocenters. The predicted octanol–water partition coefficient (Wildman–Crippen LogP) is 1.86. The number of hydrogen-bond acceptors (Lipinski definition) is 2. The summed E-state index contributed by atoms with van der Waals surface area (Å²) in [6.45, 7) is 8.11. The zero-order valence-corrected chi connectivity index (χ0v) is 9.51. The maximum atomic E-state index is 3.31. The van der Waals surface area contributed by atoms with E-state index in [4.69, 9.17) is 0 Å². The quantitative estimate of drug-likeness (QED) is 0.678. The molecular weight excluding hydrogens is 160 g/mol. The highest BCUT2D eigenvalue weighted by atomic mass is 15.2. The van der Waals surface area contributed by atoms with Crippen LogP contribution in [0.1, 0.15) is 40.0 Å². The van der Waals surface area contributed by atoms with E-state index in [0.29, 0.717) is 6.04 Å². The molecule has 1 saturated carbocycles. The molecule has 78 valence electrons. The first-order valence-corrected chi connectivity index (χ1v) is 5.62. The summed E-state index contributed by atoms with van der Waals surface area (Å²) >= 11 is 0. The molecule has 0 aliphatic heterocycles. The third-order valence-corrected chi connectivity index (χ3v) is 3.13. The Morgan fingerprint density at radius 1 is 1.38 bits per heavy atom. The fraction of sp³-hybridized carbons (Fsp3) is 1.00. The highest BCUT2D eigenvalue weighted by Gasteiger charge is 2.31. The van der Waals surface area contributed by atoms with Crippen LogP contribution in [0.3, 0.4) is 0 Å². The van der Waals surface area contributed by atoms with Gasteiger partial charge in [-0.1, -0.05) is 6.92 Å². The van der Waals surface area contributed by atoms with Crippen LogP contribution in [-0.4, -0.2) is 36.6 Å². The Morgan fingerprint density at radius 2 is 2.00 bits per heavy atom. The number of rotatable bonds is 6. The van der Waals surface area contributed by atoms with Gasteiger partial charge in [0.2, 0.25) is 0 Å². The SMILES string of the molecule is CCN(C(C)CC(C)NC)C1CC1. The van der Waals surface area contributed by atoms with Crippen LogP contribution >= 0.6 is 0 Å². The molecule has 0 saturated heterocycles. The second-order valence-corrected chi connectivity index (χ2v) is 4.34. The average molecular weight is 184 g/mol. The van der Waals surface area contributed by atoms with Gasteiger partial charge in [0.1, 0.15) is 0 Å². The van der Waals surface area contributed by atoms with E-state index in [1.807, 2.05) is 7.05 Å². The van der Waals surface area contributed by atoms with E-state index in [1.54, 1.807) is 0 Å². The molecule has 0 heterocycles. The van der Waals surface area contributed by atoms with E-state index in [9.17, 15) is 0 Å². The monoisotopic (exact) mass is 184 g/mol. The third kappa shape index (κ3) is 3.28. The molecule has 1 aliphatic carbocycles. The van der Waals surface area contributed by atoms with Gasteiger partial charge in [0.15, 0.2) is 0 Å². The van der Waals surface area contributed by atoms with Crippen molar-refractivity contribution in [3.05, 3.63) is 0 Å². The van der Waals surface area contributed by atoms with Crippen LogP contribution in [0.15, 0.2) is 0 Å². The van der Waals surface area contributed by atoms with Crippen LogP contribution in [0.4, 0.5) is 0 Å². The maximum Gasteiger partial charge on any atom is 0.00991 e. The summed E-state index contributed by atoms with van der Waals surface area (Å²) in [6.07, 6.45) is 4.11. The van der Waals surface area contributed by atoms with E-state index in [0.717, 1.165) is 12.1 Å². The van der Waals surface area contributed by atoms with Crippen LogP contribution in [0, 0.1) is 0 Å². The van der Waals surface area contributed by atoms with E-state index in [1.165, 1.54) is 25.8 Å². The third-order valence-electron chi connectivity index (χ3n) is 3.13. The minimum Gasteiger partial charge on any atom is -0.317 e. The van der Waals surface area contributed by atoms with E-state index >= 15 is 0 Å². The zero-order chi connectivity index (χ0) is 9.84. The highest BCUT2D eigenvalue weighted by molar-refractivity contribution is 4.87. The van der Waals surface area contributed by atoms with Crippen LogP contribution in [-0.2, 0) is 0 Å². The summed E-state index contributed by atoms with van der Waals surface area (Å²) in [7, 11) is 2.05. The first kappa shape index (κ1) is 11.0. The summed E-state index contributed by atoms with van der Waals surface area (Å²) in [5.74, 6) is 0. The van der Waals surface area contributed by atoms with Crippen molar-refractivity contribution in [3.8, 4) is 0 Å². The molecule has 0 bridgehead atoms. The van der Waals surface area contributed by atoms with Crippen molar-refractivity contribution in [2.45, 2.75) is 58.2 Å². The average Bonchev–Trinajstić information content (AvgIpc) is 2.89. The summed E-state index contributed by atoms with van der Waals surface area (Å²) in [6, 6.07) is 2.28. The smallest absolute Gasteiger partial charge is 0.00991 e. The lowest BCUT2D eigenvalue weighted by Crippen LogP contribution is -2.39. The topological polar surface area (TPSA) is 15.3 Å². The van der Waals surface area contributed by atoms with Gasteiger partial charge in [-0.25, -0.2) is 0 Å². The second kappa shape index (κ2) is 4.97. The molecular formula is C11H24N2. The minimum atomic E-state index is 0.641. The first-order chi connectivity index (χ1) is 6.19. The molecule has 1 rings (SSSR count). The van der Waals surface area contributed by atoms with Gasteiger partial charge in [0, 0.05) is 18.1 Å².